The van der Waals surface area contributed by atoms with Crippen LogP contribution >= 0.6 is 11.3 Å². The molecule has 0 aromatic carbocycles. The zero-order chi connectivity index (χ0) is 13.2. The topological polar surface area (TPSA) is 101 Å². The fraction of sp³-hybridized carbons (Fsp3) is 0.545. The van der Waals surface area contributed by atoms with E-state index in [1.807, 2.05) is 12.3 Å². The zero-order valence-electron chi connectivity index (χ0n) is 10.1. The van der Waals surface area contributed by atoms with E-state index in [2.05, 4.69) is 15.5 Å². The maximum Gasteiger partial charge on any atom is 0.234 e. The van der Waals surface area contributed by atoms with Gasteiger partial charge in [0.1, 0.15) is 10.4 Å². The third-order valence-electron chi connectivity index (χ3n) is 3.31. The van der Waals surface area contributed by atoms with Crippen molar-refractivity contribution in [1.82, 2.24) is 10.3 Å². The molecule has 1 amide bonds. The number of rotatable bonds is 4. The van der Waals surface area contributed by atoms with Crippen molar-refractivity contribution in [3.63, 3.8) is 0 Å². The van der Waals surface area contributed by atoms with E-state index in [4.69, 9.17) is 10.9 Å². The third-order valence-corrected chi connectivity index (χ3v) is 4.27. The van der Waals surface area contributed by atoms with Crippen LogP contribution in [-0.2, 0) is 11.3 Å². The number of aryl methyl sites for hydroxylation is 1. The van der Waals surface area contributed by atoms with Crippen LogP contribution in [0.5, 0.6) is 0 Å². The van der Waals surface area contributed by atoms with Crippen LogP contribution in [0.3, 0.4) is 0 Å². The van der Waals surface area contributed by atoms with Gasteiger partial charge in [0.15, 0.2) is 5.84 Å². The molecule has 1 aliphatic carbocycles. The molecule has 4 N–H and O–H groups in total. The standard InChI is InChI=1S/C11H16N4O2S/c1-7-6-18-8(14-7)5-13-10(16)11(3-2-4-11)9(12)15-17/h6,17H,2-5H2,1H3,(H2,12,15)(H,13,16). The Balaban J connectivity index is 1.99. The van der Waals surface area contributed by atoms with Crippen molar-refractivity contribution in [1.29, 1.82) is 0 Å². The van der Waals surface area contributed by atoms with Crippen LogP contribution in [0.15, 0.2) is 10.5 Å². The summed E-state index contributed by atoms with van der Waals surface area (Å²) in [5, 5.41) is 17.3. The first kappa shape index (κ1) is 12.8. The summed E-state index contributed by atoms with van der Waals surface area (Å²) in [5.74, 6) is -0.182. The first-order valence-corrected chi connectivity index (χ1v) is 6.64. The van der Waals surface area contributed by atoms with E-state index in [1.54, 1.807) is 0 Å². The average molecular weight is 268 g/mol. The Bertz CT molecular complexity index is 479. The third kappa shape index (κ3) is 2.17. The van der Waals surface area contributed by atoms with Gasteiger partial charge in [-0.25, -0.2) is 4.98 Å². The molecule has 18 heavy (non-hydrogen) atoms. The second-order valence-electron chi connectivity index (χ2n) is 4.49. The van der Waals surface area contributed by atoms with Crippen LogP contribution in [0, 0.1) is 12.3 Å². The quantitative estimate of drug-likeness (QED) is 0.328. The van der Waals surface area contributed by atoms with E-state index in [0.29, 0.717) is 19.4 Å². The predicted octanol–water partition coefficient (Wildman–Crippen LogP) is 0.984. The van der Waals surface area contributed by atoms with Crippen LogP contribution in [0.1, 0.15) is 30.0 Å². The summed E-state index contributed by atoms with van der Waals surface area (Å²) in [4.78, 5) is 16.4. The second-order valence-corrected chi connectivity index (χ2v) is 5.43. The molecule has 0 unspecified atom stereocenters. The fourth-order valence-corrected chi connectivity index (χ4v) is 2.75. The van der Waals surface area contributed by atoms with Gasteiger partial charge in [0.2, 0.25) is 5.91 Å². The smallest absolute Gasteiger partial charge is 0.234 e. The van der Waals surface area contributed by atoms with Crippen molar-refractivity contribution in [2.45, 2.75) is 32.7 Å². The number of hydrogen-bond acceptors (Lipinski definition) is 5. The molecule has 0 atom stereocenters. The molecule has 7 heteroatoms. The molecule has 1 aliphatic rings. The number of carbonyl (C=O) groups excluding carboxylic acids is 1. The number of carbonyl (C=O) groups is 1. The minimum absolute atomic E-state index is 0.00145. The van der Waals surface area contributed by atoms with Crippen molar-refractivity contribution in [2.24, 2.45) is 16.3 Å². The highest BCUT2D eigenvalue weighted by molar-refractivity contribution is 7.09. The van der Waals surface area contributed by atoms with Gasteiger partial charge in [-0.05, 0) is 19.8 Å². The maximum atomic E-state index is 12.1. The number of nitrogens with two attached hydrogens (primary N) is 1. The Morgan fingerprint density at radius 3 is 2.89 bits per heavy atom. The molecule has 0 saturated heterocycles. The lowest BCUT2D eigenvalue weighted by Gasteiger charge is -2.38. The predicted molar refractivity (Wildman–Crippen MR) is 68.4 cm³/mol. The van der Waals surface area contributed by atoms with E-state index in [1.165, 1.54) is 11.3 Å². The SMILES string of the molecule is Cc1csc(CNC(=O)C2(C(N)=NO)CCC2)n1. The molecular weight excluding hydrogens is 252 g/mol. The molecule has 1 aromatic heterocycles. The molecule has 1 aromatic rings. The number of thiazole rings is 1. The number of nitrogens with one attached hydrogen (secondary N) is 1. The summed E-state index contributed by atoms with van der Waals surface area (Å²) in [6, 6.07) is 0. The molecule has 0 radical (unpaired) electrons. The molecule has 1 heterocycles. The van der Waals surface area contributed by atoms with Crippen molar-refractivity contribution in [3.8, 4) is 0 Å². The highest BCUT2D eigenvalue weighted by atomic mass is 32.1. The Kier molecular flexibility index (Phi) is 3.51. The van der Waals surface area contributed by atoms with Crippen molar-refractivity contribution in [3.05, 3.63) is 16.1 Å². The first-order chi connectivity index (χ1) is 8.58. The Morgan fingerprint density at radius 1 is 1.72 bits per heavy atom. The van der Waals surface area contributed by atoms with Gasteiger partial charge in [-0.3, -0.25) is 4.79 Å². The van der Waals surface area contributed by atoms with Crippen molar-refractivity contribution >= 4 is 23.1 Å². The van der Waals surface area contributed by atoms with E-state index in [0.717, 1.165) is 17.1 Å². The molecule has 1 saturated carbocycles. The van der Waals surface area contributed by atoms with Gasteiger partial charge in [-0.15, -0.1) is 11.3 Å². The minimum atomic E-state index is -0.818. The molecule has 0 bridgehead atoms. The van der Waals surface area contributed by atoms with Gasteiger partial charge in [-0.2, -0.15) is 0 Å². The fourth-order valence-electron chi connectivity index (χ4n) is 2.03. The highest BCUT2D eigenvalue weighted by Crippen LogP contribution is 2.41. The van der Waals surface area contributed by atoms with Gasteiger partial charge in [0.05, 0.1) is 6.54 Å². The van der Waals surface area contributed by atoms with Gasteiger partial charge in [0.25, 0.3) is 0 Å². The second kappa shape index (κ2) is 4.93. The van der Waals surface area contributed by atoms with Gasteiger partial charge in [0, 0.05) is 11.1 Å². The molecule has 6 nitrogen and oxygen atoms in total. The van der Waals surface area contributed by atoms with E-state index in [9.17, 15) is 4.79 Å². The van der Waals surface area contributed by atoms with Crippen LogP contribution in [-0.4, -0.2) is 21.9 Å². The summed E-state index contributed by atoms with van der Waals surface area (Å²) in [5.41, 5.74) is 5.74. The number of oxime groups is 1. The number of aromatic nitrogens is 1. The number of nitrogens with zero attached hydrogens (tertiary/aromatic N) is 2. The average Bonchev–Trinajstić information content (AvgIpc) is 2.70. The van der Waals surface area contributed by atoms with Gasteiger partial charge >= 0.3 is 0 Å². The van der Waals surface area contributed by atoms with Crippen LogP contribution < -0.4 is 11.1 Å². The number of amidine groups is 1. The maximum absolute atomic E-state index is 12.1. The molecule has 98 valence electrons. The Labute approximate surface area is 109 Å². The van der Waals surface area contributed by atoms with Crippen molar-refractivity contribution in [2.75, 3.05) is 0 Å². The lowest BCUT2D eigenvalue weighted by atomic mass is 9.67. The summed E-state index contributed by atoms with van der Waals surface area (Å²) in [6.07, 6.45) is 2.18. The Hall–Kier alpha value is -1.63. The highest BCUT2D eigenvalue weighted by Gasteiger charge is 2.48. The molecule has 2 rings (SSSR count). The lowest BCUT2D eigenvalue weighted by Crippen LogP contribution is -2.53. The van der Waals surface area contributed by atoms with Crippen LogP contribution in [0.4, 0.5) is 0 Å². The normalized spacial score (nSPS) is 18.2. The van der Waals surface area contributed by atoms with Gasteiger partial charge < -0.3 is 16.3 Å². The molecule has 1 fully saturated rings. The number of hydrogen-bond donors (Lipinski definition) is 3. The van der Waals surface area contributed by atoms with Crippen molar-refractivity contribution < 1.29 is 10.0 Å². The summed E-state index contributed by atoms with van der Waals surface area (Å²) < 4.78 is 0. The van der Waals surface area contributed by atoms with Crippen LogP contribution in [0.25, 0.3) is 0 Å². The first-order valence-electron chi connectivity index (χ1n) is 5.76. The molecular formula is C11H16N4O2S. The zero-order valence-corrected chi connectivity index (χ0v) is 11.0. The minimum Gasteiger partial charge on any atom is -0.409 e. The molecule has 0 aliphatic heterocycles. The monoisotopic (exact) mass is 268 g/mol. The summed E-state index contributed by atoms with van der Waals surface area (Å²) in [6.45, 7) is 2.30. The Morgan fingerprint density at radius 2 is 2.44 bits per heavy atom. The van der Waals surface area contributed by atoms with E-state index >= 15 is 0 Å². The van der Waals surface area contributed by atoms with Gasteiger partial charge in [-0.1, -0.05) is 11.6 Å². The van der Waals surface area contributed by atoms with Crippen LogP contribution in [0.2, 0.25) is 0 Å². The van der Waals surface area contributed by atoms with E-state index < -0.39 is 5.41 Å². The lowest BCUT2D eigenvalue weighted by molar-refractivity contribution is -0.131. The largest absolute Gasteiger partial charge is 0.409 e. The molecule has 0 spiro atoms. The summed E-state index contributed by atoms with van der Waals surface area (Å²) in [7, 11) is 0. The number of amides is 1. The van der Waals surface area contributed by atoms with E-state index in [-0.39, 0.29) is 11.7 Å². The summed E-state index contributed by atoms with van der Waals surface area (Å²) >= 11 is 1.51.